The number of hydrogen-bond acceptors (Lipinski definition) is 6. The van der Waals surface area contributed by atoms with Crippen molar-refractivity contribution < 1.29 is 23.6 Å². The van der Waals surface area contributed by atoms with Gasteiger partial charge >= 0.3 is 0 Å². The molecular weight excluding hydrogens is 589 g/mol. The number of benzene rings is 1. The molecule has 4 amide bonds. The van der Waals surface area contributed by atoms with Crippen LogP contribution in [0.3, 0.4) is 0 Å². The van der Waals surface area contributed by atoms with Crippen LogP contribution in [0.5, 0.6) is 0 Å². The van der Waals surface area contributed by atoms with Gasteiger partial charge in [-0.25, -0.2) is 4.39 Å². The number of rotatable bonds is 12. The first-order valence-corrected chi connectivity index (χ1v) is 16.8. The Morgan fingerprint density at radius 1 is 0.978 bits per heavy atom. The Balaban J connectivity index is 1.30. The van der Waals surface area contributed by atoms with E-state index < -0.39 is 29.7 Å². The molecule has 5 rings (SSSR count). The summed E-state index contributed by atoms with van der Waals surface area (Å²) in [5, 5.41) is 12.9. The highest BCUT2D eigenvalue weighted by Gasteiger charge is 2.35. The average molecular weight is 638 g/mol. The third-order valence-electron chi connectivity index (χ3n) is 9.76. The second-order valence-electron chi connectivity index (χ2n) is 13.2. The lowest BCUT2D eigenvalue weighted by atomic mass is 9.83. The highest BCUT2D eigenvalue weighted by atomic mass is 19.1. The molecule has 12 heteroatoms. The molecule has 0 spiro atoms. The maximum absolute atomic E-state index is 15.6. The second kappa shape index (κ2) is 15.2. The van der Waals surface area contributed by atoms with Gasteiger partial charge in [-0.15, -0.1) is 0 Å². The maximum Gasteiger partial charge on any atom is 0.270 e. The lowest BCUT2D eigenvalue weighted by molar-refractivity contribution is -0.138. The van der Waals surface area contributed by atoms with Gasteiger partial charge in [-0.05, 0) is 68.3 Å². The highest BCUT2D eigenvalue weighted by Crippen LogP contribution is 2.31. The summed E-state index contributed by atoms with van der Waals surface area (Å²) >= 11 is 0. The summed E-state index contributed by atoms with van der Waals surface area (Å²) in [7, 11) is 2.00. The number of carbonyl (C=O) groups excluding carboxylic acids is 4. The molecule has 2 saturated carbocycles. The van der Waals surface area contributed by atoms with E-state index in [-0.39, 0.29) is 35.7 Å². The fraction of sp³-hybridized carbons (Fsp3) is 0.618. The van der Waals surface area contributed by atoms with Crippen LogP contribution in [0.25, 0.3) is 0 Å². The first kappa shape index (κ1) is 33.6. The molecule has 1 saturated heterocycles. The van der Waals surface area contributed by atoms with E-state index in [0.717, 1.165) is 58.0 Å². The minimum Gasteiger partial charge on any atom is -0.344 e. The minimum atomic E-state index is -0.852. The van der Waals surface area contributed by atoms with Gasteiger partial charge in [0.05, 0.1) is 5.69 Å². The number of anilines is 1. The summed E-state index contributed by atoms with van der Waals surface area (Å²) in [4.78, 5) is 56.9. The quantitative estimate of drug-likeness (QED) is 0.327. The third kappa shape index (κ3) is 8.31. The Labute approximate surface area is 270 Å². The van der Waals surface area contributed by atoms with Gasteiger partial charge in [0.25, 0.3) is 5.91 Å². The molecule has 3 N–H and O–H groups in total. The first-order chi connectivity index (χ1) is 22.1. The number of halogens is 1. The van der Waals surface area contributed by atoms with Gasteiger partial charge in [-0.3, -0.25) is 23.9 Å². The zero-order valence-corrected chi connectivity index (χ0v) is 27.3. The lowest BCUT2D eigenvalue weighted by Gasteiger charge is -2.36. The van der Waals surface area contributed by atoms with Crippen molar-refractivity contribution in [2.24, 2.45) is 11.8 Å². The largest absolute Gasteiger partial charge is 0.344 e. The predicted octanol–water partition coefficient (Wildman–Crippen LogP) is 3.52. The van der Waals surface area contributed by atoms with E-state index in [0.29, 0.717) is 36.8 Å². The van der Waals surface area contributed by atoms with Gasteiger partial charge in [0.2, 0.25) is 17.7 Å². The van der Waals surface area contributed by atoms with E-state index in [1.165, 1.54) is 12.1 Å². The smallest absolute Gasteiger partial charge is 0.270 e. The number of piperazine rings is 1. The van der Waals surface area contributed by atoms with Crippen molar-refractivity contribution in [3.05, 3.63) is 47.5 Å². The van der Waals surface area contributed by atoms with Crippen LogP contribution in [0.2, 0.25) is 0 Å². The van der Waals surface area contributed by atoms with Gasteiger partial charge in [-0.1, -0.05) is 39.2 Å². The Morgan fingerprint density at radius 2 is 1.70 bits per heavy atom. The predicted molar refractivity (Wildman–Crippen MR) is 173 cm³/mol. The number of aromatic nitrogens is 2. The zero-order valence-electron chi connectivity index (χ0n) is 27.3. The van der Waals surface area contributed by atoms with E-state index >= 15 is 4.39 Å². The van der Waals surface area contributed by atoms with Gasteiger partial charge in [0, 0.05) is 51.3 Å². The zero-order chi connectivity index (χ0) is 32.8. The van der Waals surface area contributed by atoms with Crippen LogP contribution in [-0.4, -0.2) is 88.5 Å². The van der Waals surface area contributed by atoms with E-state index in [4.69, 9.17) is 0 Å². The summed E-state index contributed by atoms with van der Waals surface area (Å²) in [5.41, 5.74) is 0.940. The topological polar surface area (TPSA) is 129 Å². The van der Waals surface area contributed by atoms with E-state index in [9.17, 15) is 19.2 Å². The molecule has 2 aromatic rings. The van der Waals surface area contributed by atoms with Crippen LogP contribution in [0.1, 0.15) is 87.2 Å². The van der Waals surface area contributed by atoms with Gasteiger partial charge in [-0.2, -0.15) is 5.10 Å². The number of carbonyl (C=O) groups is 4. The van der Waals surface area contributed by atoms with Crippen LogP contribution in [-0.2, 0) is 20.9 Å². The molecule has 0 radical (unpaired) electrons. The van der Waals surface area contributed by atoms with Crippen LogP contribution in [0, 0.1) is 17.7 Å². The number of amides is 4. The summed E-state index contributed by atoms with van der Waals surface area (Å²) in [6.45, 7) is 6.79. The van der Waals surface area contributed by atoms with Crippen LogP contribution in [0.15, 0.2) is 30.5 Å². The van der Waals surface area contributed by atoms with E-state index in [1.54, 1.807) is 41.8 Å². The fourth-order valence-electron chi connectivity index (χ4n) is 6.51. The van der Waals surface area contributed by atoms with Crippen LogP contribution >= 0.6 is 0 Å². The molecule has 46 heavy (non-hydrogen) atoms. The molecule has 3 aliphatic rings. The Bertz CT molecular complexity index is 1400. The Kier molecular flexibility index (Phi) is 11.1. The number of nitrogens with zero attached hydrogens (tertiary/aromatic N) is 4. The van der Waals surface area contributed by atoms with Crippen molar-refractivity contribution >= 4 is 29.3 Å². The molecule has 11 nitrogen and oxygen atoms in total. The summed E-state index contributed by atoms with van der Waals surface area (Å²) in [6.07, 6.45) is 8.67. The fourth-order valence-corrected chi connectivity index (χ4v) is 6.51. The molecular formula is C34H48FN7O4. The second-order valence-corrected chi connectivity index (χ2v) is 13.2. The van der Waals surface area contributed by atoms with Gasteiger partial charge in [0.15, 0.2) is 0 Å². The molecule has 2 aliphatic carbocycles. The minimum absolute atomic E-state index is 0.00526. The van der Waals surface area contributed by atoms with Crippen LogP contribution in [0.4, 0.5) is 10.1 Å². The van der Waals surface area contributed by atoms with E-state index in [1.807, 2.05) is 7.05 Å². The van der Waals surface area contributed by atoms with Gasteiger partial charge in [0.1, 0.15) is 23.6 Å². The standard InChI is InChI=1S/C34H48FN7O4/c1-4-29(43)38-30(34(46)41-18-16-40(3)17-19-41)22(2)25-12-13-27(26(35)20-25)37-33(45)31(24-8-6-5-7-9-24)39-32(44)28-14-15-36-42(28)21-23-10-11-23/h12-15,20,22-24,30-31H,4-11,16-19,21H2,1-3H3,(H,37,45)(H,38,43)(H,39,44)/t22-,30+,31-/m0/s1. The first-order valence-electron chi connectivity index (χ1n) is 16.8. The SMILES string of the molecule is CCC(=O)N[C@@H](C(=O)N1CCN(C)CC1)[C@@H](C)c1ccc(NC(=O)[C@@H](NC(=O)c2ccnn2CC2CC2)C2CCCCC2)c(F)c1. The maximum atomic E-state index is 15.6. The molecule has 3 atom stereocenters. The molecule has 1 aromatic heterocycles. The van der Waals surface area contributed by atoms with Crippen molar-refractivity contribution in [2.45, 2.75) is 89.8 Å². The highest BCUT2D eigenvalue weighted by molar-refractivity contribution is 6.00. The Morgan fingerprint density at radius 3 is 2.35 bits per heavy atom. The van der Waals surface area contributed by atoms with Crippen LogP contribution < -0.4 is 16.0 Å². The van der Waals surface area contributed by atoms with Crippen molar-refractivity contribution in [2.75, 3.05) is 38.5 Å². The summed E-state index contributed by atoms with van der Waals surface area (Å²) in [6, 6.07) is 4.46. The molecule has 0 bridgehead atoms. The summed E-state index contributed by atoms with van der Waals surface area (Å²) in [5.74, 6) is -1.98. The Hall–Kier alpha value is -3.80. The molecule has 1 aliphatic heterocycles. The number of nitrogens with one attached hydrogen (secondary N) is 3. The number of likely N-dealkylation sites (N-methyl/N-ethyl adjacent to an activating group) is 1. The van der Waals surface area contributed by atoms with Crippen molar-refractivity contribution in [1.82, 2.24) is 30.2 Å². The van der Waals surface area contributed by atoms with E-state index in [2.05, 4.69) is 25.9 Å². The lowest BCUT2D eigenvalue weighted by Crippen LogP contribution is -2.55. The molecule has 1 aromatic carbocycles. The summed E-state index contributed by atoms with van der Waals surface area (Å²) < 4.78 is 17.3. The number of hydrogen-bond donors (Lipinski definition) is 3. The monoisotopic (exact) mass is 637 g/mol. The van der Waals surface area contributed by atoms with Crippen molar-refractivity contribution in [3.63, 3.8) is 0 Å². The normalized spacial score (nSPS) is 19.6. The molecule has 3 fully saturated rings. The van der Waals surface area contributed by atoms with Gasteiger partial charge < -0.3 is 25.8 Å². The molecule has 250 valence electrons. The average Bonchev–Trinajstić information content (AvgIpc) is 3.76. The molecule has 2 heterocycles. The molecule has 0 unspecified atom stereocenters. The third-order valence-corrected chi connectivity index (χ3v) is 9.76. The van der Waals surface area contributed by atoms with Crippen molar-refractivity contribution in [1.29, 1.82) is 0 Å². The van der Waals surface area contributed by atoms with Crippen molar-refractivity contribution in [3.8, 4) is 0 Å².